The summed E-state index contributed by atoms with van der Waals surface area (Å²) in [6.07, 6.45) is 1.89. The molecule has 0 radical (unpaired) electrons. The molecule has 2 aromatic carbocycles. The Kier molecular flexibility index (Phi) is 6.74. The van der Waals surface area contributed by atoms with Gasteiger partial charge >= 0.3 is 5.97 Å². The van der Waals surface area contributed by atoms with Crippen LogP contribution in [0.25, 0.3) is 11.1 Å². The molecule has 0 saturated heterocycles. The summed E-state index contributed by atoms with van der Waals surface area (Å²) >= 11 is 3.36. The molecule has 1 N–H and O–H groups in total. The minimum Gasteiger partial charge on any atom is -0.465 e. The molecule has 34 heavy (non-hydrogen) atoms. The van der Waals surface area contributed by atoms with Gasteiger partial charge in [0.15, 0.2) is 0 Å². The van der Waals surface area contributed by atoms with Crippen molar-refractivity contribution in [3.63, 3.8) is 0 Å². The lowest BCUT2D eigenvalue weighted by molar-refractivity contribution is -0.386. The molecule has 4 rings (SSSR count). The van der Waals surface area contributed by atoms with E-state index >= 15 is 0 Å². The molecule has 1 amide bonds. The van der Waals surface area contributed by atoms with Crippen LogP contribution in [0.15, 0.2) is 53.0 Å². The predicted molar refractivity (Wildman–Crippen MR) is 131 cm³/mol. The third-order valence-electron chi connectivity index (χ3n) is 5.75. The van der Waals surface area contributed by atoms with Gasteiger partial charge in [0.1, 0.15) is 11.5 Å². The van der Waals surface area contributed by atoms with E-state index in [4.69, 9.17) is 4.74 Å². The Balaban J connectivity index is 1.66. The standard InChI is InChI=1S/C25H22BrN3O5/c1-14-21(26)23(28-24(30)17-11-12-17)27-20(22(14)29(32)33)13-15-7-9-16(10-8-15)18-5-3-4-6-19(18)25(31)34-2/h3-10,17H,11-13H2,1-2H3,(H,27,28,30). The molecule has 1 heterocycles. The van der Waals surface area contributed by atoms with Crippen molar-refractivity contribution in [2.24, 2.45) is 5.92 Å². The fourth-order valence-corrected chi connectivity index (χ4v) is 4.14. The molecule has 174 valence electrons. The molecule has 1 aromatic heterocycles. The Morgan fingerprint density at radius 2 is 1.85 bits per heavy atom. The number of carbonyl (C=O) groups is 2. The van der Waals surface area contributed by atoms with Gasteiger partial charge in [0, 0.05) is 17.9 Å². The molecule has 0 aliphatic heterocycles. The number of aromatic nitrogens is 1. The van der Waals surface area contributed by atoms with Crippen molar-refractivity contribution in [3.05, 3.63) is 85.5 Å². The van der Waals surface area contributed by atoms with Gasteiger partial charge in [-0.05, 0) is 58.5 Å². The molecule has 1 aliphatic rings. The van der Waals surface area contributed by atoms with Gasteiger partial charge in [0.05, 0.1) is 22.1 Å². The highest BCUT2D eigenvalue weighted by molar-refractivity contribution is 9.10. The first-order valence-corrected chi connectivity index (χ1v) is 11.5. The molecule has 0 unspecified atom stereocenters. The average Bonchev–Trinajstić information content (AvgIpc) is 3.68. The Morgan fingerprint density at radius 3 is 2.47 bits per heavy atom. The average molecular weight is 524 g/mol. The van der Waals surface area contributed by atoms with Crippen LogP contribution in [0.3, 0.4) is 0 Å². The number of nitrogens with one attached hydrogen (secondary N) is 1. The van der Waals surface area contributed by atoms with Crippen LogP contribution < -0.4 is 5.32 Å². The number of hydrogen-bond donors (Lipinski definition) is 1. The zero-order chi connectivity index (χ0) is 24.4. The second kappa shape index (κ2) is 9.72. The number of pyridine rings is 1. The number of carbonyl (C=O) groups excluding carboxylic acids is 2. The molecule has 0 bridgehead atoms. The zero-order valence-corrected chi connectivity index (χ0v) is 20.2. The maximum atomic E-state index is 12.3. The molecule has 3 aromatic rings. The van der Waals surface area contributed by atoms with Crippen molar-refractivity contribution in [3.8, 4) is 11.1 Å². The number of benzene rings is 2. The normalized spacial score (nSPS) is 12.8. The first kappa shape index (κ1) is 23.6. The van der Waals surface area contributed by atoms with Gasteiger partial charge in [-0.15, -0.1) is 0 Å². The highest BCUT2D eigenvalue weighted by Crippen LogP contribution is 2.37. The number of nitrogens with zero attached hydrogens (tertiary/aromatic N) is 2. The van der Waals surface area contributed by atoms with E-state index in [0.29, 0.717) is 21.4 Å². The van der Waals surface area contributed by atoms with Crippen LogP contribution in [0.4, 0.5) is 11.5 Å². The summed E-state index contributed by atoms with van der Waals surface area (Å²) < 4.78 is 5.28. The Labute approximate surface area is 204 Å². The summed E-state index contributed by atoms with van der Waals surface area (Å²) in [5, 5.41) is 14.6. The monoisotopic (exact) mass is 523 g/mol. The van der Waals surface area contributed by atoms with E-state index in [9.17, 15) is 19.7 Å². The lowest BCUT2D eigenvalue weighted by atomic mass is 9.97. The second-order valence-corrected chi connectivity index (χ2v) is 8.92. The van der Waals surface area contributed by atoms with E-state index in [0.717, 1.165) is 29.5 Å². The van der Waals surface area contributed by atoms with Crippen LogP contribution in [-0.2, 0) is 16.0 Å². The summed E-state index contributed by atoms with van der Waals surface area (Å²) in [6, 6.07) is 14.5. The summed E-state index contributed by atoms with van der Waals surface area (Å²) in [6.45, 7) is 1.63. The summed E-state index contributed by atoms with van der Waals surface area (Å²) in [5.74, 6) is -0.279. The van der Waals surface area contributed by atoms with Gasteiger partial charge in [-0.25, -0.2) is 9.78 Å². The fraction of sp³-hybridized carbons (Fsp3) is 0.240. The van der Waals surface area contributed by atoms with Crippen LogP contribution in [-0.4, -0.2) is 28.9 Å². The van der Waals surface area contributed by atoms with Crippen molar-refractivity contribution < 1.29 is 19.2 Å². The van der Waals surface area contributed by atoms with Gasteiger partial charge in [0.2, 0.25) is 5.91 Å². The van der Waals surface area contributed by atoms with Gasteiger partial charge in [-0.2, -0.15) is 0 Å². The van der Waals surface area contributed by atoms with E-state index in [1.807, 2.05) is 36.4 Å². The van der Waals surface area contributed by atoms with Crippen LogP contribution >= 0.6 is 15.9 Å². The molecule has 1 aliphatic carbocycles. The number of methoxy groups -OCH3 is 1. The van der Waals surface area contributed by atoms with E-state index in [2.05, 4.69) is 26.2 Å². The minimum atomic E-state index is -0.449. The fourth-order valence-electron chi connectivity index (χ4n) is 3.77. The third-order valence-corrected chi connectivity index (χ3v) is 6.72. The van der Waals surface area contributed by atoms with Crippen LogP contribution in [0.5, 0.6) is 0 Å². The number of rotatable bonds is 7. The zero-order valence-electron chi connectivity index (χ0n) is 18.6. The molecule has 0 atom stereocenters. The van der Waals surface area contributed by atoms with E-state index in [1.165, 1.54) is 7.11 Å². The number of halogens is 1. The smallest absolute Gasteiger partial charge is 0.338 e. The van der Waals surface area contributed by atoms with E-state index in [1.54, 1.807) is 19.1 Å². The molecular formula is C25H22BrN3O5. The summed E-state index contributed by atoms with van der Waals surface area (Å²) in [7, 11) is 1.34. The van der Waals surface area contributed by atoms with Crippen molar-refractivity contribution in [1.29, 1.82) is 0 Å². The lowest BCUT2D eigenvalue weighted by Crippen LogP contribution is -2.16. The third kappa shape index (κ3) is 4.84. The maximum Gasteiger partial charge on any atom is 0.338 e. The Bertz CT molecular complexity index is 1290. The van der Waals surface area contributed by atoms with Crippen molar-refractivity contribution in [1.82, 2.24) is 4.98 Å². The molecule has 8 nitrogen and oxygen atoms in total. The topological polar surface area (TPSA) is 111 Å². The van der Waals surface area contributed by atoms with Gasteiger partial charge in [-0.1, -0.05) is 42.5 Å². The molecule has 9 heteroatoms. The second-order valence-electron chi connectivity index (χ2n) is 8.13. The van der Waals surface area contributed by atoms with E-state index in [-0.39, 0.29) is 29.6 Å². The van der Waals surface area contributed by atoms with Crippen LogP contribution in [0, 0.1) is 23.0 Å². The molecular weight excluding hydrogens is 502 g/mol. The van der Waals surface area contributed by atoms with Crippen molar-refractivity contribution in [2.45, 2.75) is 26.2 Å². The predicted octanol–water partition coefficient (Wildman–Crippen LogP) is 5.45. The Morgan fingerprint density at radius 1 is 1.18 bits per heavy atom. The number of amides is 1. The van der Waals surface area contributed by atoms with Crippen LogP contribution in [0.1, 0.15) is 40.0 Å². The summed E-state index contributed by atoms with van der Waals surface area (Å²) in [4.78, 5) is 40.2. The highest BCUT2D eigenvalue weighted by atomic mass is 79.9. The number of anilines is 1. The quantitative estimate of drug-likeness (QED) is 0.250. The number of hydrogen-bond acceptors (Lipinski definition) is 6. The van der Waals surface area contributed by atoms with Crippen molar-refractivity contribution >= 4 is 39.3 Å². The molecule has 1 saturated carbocycles. The number of esters is 1. The van der Waals surface area contributed by atoms with Gasteiger partial charge in [0.25, 0.3) is 5.69 Å². The van der Waals surface area contributed by atoms with Gasteiger partial charge in [-0.3, -0.25) is 14.9 Å². The van der Waals surface area contributed by atoms with Crippen molar-refractivity contribution in [2.75, 3.05) is 12.4 Å². The number of ether oxygens (including phenoxy) is 1. The lowest BCUT2D eigenvalue weighted by Gasteiger charge is -2.13. The van der Waals surface area contributed by atoms with Crippen LogP contribution in [0.2, 0.25) is 0 Å². The first-order chi connectivity index (χ1) is 16.3. The largest absolute Gasteiger partial charge is 0.465 e. The first-order valence-electron chi connectivity index (χ1n) is 10.7. The number of nitro groups is 1. The Hall–Kier alpha value is -3.59. The molecule has 1 fully saturated rings. The summed E-state index contributed by atoms with van der Waals surface area (Å²) in [5.41, 5.74) is 3.39. The van der Waals surface area contributed by atoms with Gasteiger partial charge < -0.3 is 10.1 Å². The van der Waals surface area contributed by atoms with E-state index < -0.39 is 10.9 Å². The maximum absolute atomic E-state index is 12.3. The minimum absolute atomic E-state index is 0.0203. The highest BCUT2D eigenvalue weighted by Gasteiger charge is 2.32. The molecule has 0 spiro atoms. The SMILES string of the molecule is COC(=O)c1ccccc1-c1ccc(Cc2nc(NC(=O)C3CC3)c(Br)c(C)c2[N+](=O)[O-])cc1.